The molecule has 23 heavy (non-hydrogen) atoms. The summed E-state index contributed by atoms with van der Waals surface area (Å²) < 4.78 is 0. The van der Waals surface area contributed by atoms with Crippen molar-refractivity contribution >= 4 is 22.4 Å². The first-order valence-electron chi connectivity index (χ1n) is 8.50. The van der Waals surface area contributed by atoms with Crippen LogP contribution in [-0.4, -0.2) is 47.0 Å². The fraction of sp³-hybridized carbons (Fsp3) is 0.529. The summed E-state index contributed by atoms with van der Waals surface area (Å²) in [5, 5.41) is 3.20. The van der Waals surface area contributed by atoms with Gasteiger partial charge < -0.3 is 14.8 Å². The summed E-state index contributed by atoms with van der Waals surface area (Å²) in [5.74, 6) is 0.111. The summed E-state index contributed by atoms with van der Waals surface area (Å²) in [6.45, 7) is 3.98. The quantitative estimate of drug-likeness (QED) is 0.939. The number of hydrogen-bond acceptors (Lipinski definition) is 4. The molecule has 0 unspecified atom stereocenters. The van der Waals surface area contributed by atoms with E-state index in [1.807, 2.05) is 17.2 Å². The molecule has 6 heteroatoms. The van der Waals surface area contributed by atoms with Gasteiger partial charge in [0.15, 0.2) is 5.13 Å². The standard InChI is InChI=1S/C17H22N4OS/c22-16(20-6-4-5-7-20)14-10-13(11-18-14)15-12-23-17(19-15)21-8-2-1-3-9-21/h10-12,18H,1-9H2. The number of thiazole rings is 1. The summed E-state index contributed by atoms with van der Waals surface area (Å²) in [4.78, 5) is 24.6. The first-order valence-corrected chi connectivity index (χ1v) is 9.38. The fourth-order valence-electron chi connectivity index (χ4n) is 3.38. The Morgan fingerprint density at radius 2 is 1.83 bits per heavy atom. The highest BCUT2D eigenvalue weighted by Crippen LogP contribution is 2.29. The molecular formula is C17H22N4OS. The van der Waals surface area contributed by atoms with Gasteiger partial charge in [0.05, 0.1) is 5.69 Å². The second-order valence-electron chi connectivity index (χ2n) is 6.36. The van der Waals surface area contributed by atoms with Gasteiger partial charge in [-0.05, 0) is 38.2 Å². The molecule has 2 aliphatic rings. The minimum absolute atomic E-state index is 0.111. The molecule has 4 heterocycles. The van der Waals surface area contributed by atoms with Crippen LogP contribution in [0.5, 0.6) is 0 Å². The van der Waals surface area contributed by atoms with Crippen molar-refractivity contribution in [3.05, 3.63) is 23.3 Å². The number of aromatic nitrogens is 2. The first kappa shape index (κ1) is 14.8. The zero-order chi connectivity index (χ0) is 15.6. The van der Waals surface area contributed by atoms with Crippen LogP contribution in [-0.2, 0) is 0 Å². The number of H-pyrrole nitrogens is 1. The molecule has 4 rings (SSSR count). The van der Waals surface area contributed by atoms with Crippen molar-refractivity contribution in [2.24, 2.45) is 0 Å². The Bertz CT molecular complexity index is 680. The van der Waals surface area contributed by atoms with Crippen LogP contribution < -0.4 is 4.90 Å². The van der Waals surface area contributed by atoms with E-state index in [1.54, 1.807) is 11.3 Å². The molecule has 0 aliphatic carbocycles. The molecule has 0 saturated carbocycles. The van der Waals surface area contributed by atoms with Gasteiger partial charge in [-0.25, -0.2) is 4.98 Å². The smallest absolute Gasteiger partial charge is 0.270 e. The third-order valence-corrected chi connectivity index (χ3v) is 5.62. The van der Waals surface area contributed by atoms with Gasteiger partial charge in [-0.3, -0.25) is 4.79 Å². The number of amides is 1. The summed E-state index contributed by atoms with van der Waals surface area (Å²) >= 11 is 1.70. The van der Waals surface area contributed by atoms with E-state index in [0.29, 0.717) is 5.69 Å². The lowest BCUT2D eigenvalue weighted by Crippen LogP contribution is -2.29. The number of nitrogens with one attached hydrogen (secondary N) is 1. The zero-order valence-electron chi connectivity index (χ0n) is 13.3. The van der Waals surface area contributed by atoms with E-state index in [-0.39, 0.29) is 5.91 Å². The molecule has 2 aromatic heterocycles. The summed E-state index contributed by atoms with van der Waals surface area (Å²) in [6.07, 6.45) is 7.98. The summed E-state index contributed by atoms with van der Waals surface area (Å²) in [7, 11) is 0. The molecular weight excluding hydrogens is 308 g/mol. The number of aromatic amines is 1. The van der Waals surface area contributed by atoms with Gasteiger partial charge in [0, 0.05) is 43.3 Å². The van der Waals surface area contributed by atoms with E-state index in [9.17, 15) is 4.79 Å². The van der Waals surface area contributed by atoms with Crippen LogP contribution in [0.1, 0.15) is 42.6 Å². The maximum absolute atomic E-state index is 12.4. The molecule has 0 bridgehead atoms. The molecule has 122 valence electrons. The normalized spacial score (nSPS) is 18.6. The largest absolute Gasteiger partial charge is 0.357 e. The minimum Gasteiger partial charge on any atom is -0.357 e. The number of carbonyl (C=O) groups is 1. The van der Waals surface area contributed by atoms with Gasteiger partial charge in [0.1, 0.15) is 5.69 Å². The number of likely N-dealkylation sites (tertiary alicyclic amines) is 1. The molecule has 1 N–H and O–H groups in total. The Balaban J connectivity index is 1.50. The molecule has 2 fully saturated rings. The fourth-order valence-corrected chi connectivity index (χ4v) is 4.27. The Kier molecular flexibility index (Phi) is 4.08. The molecule has 2 aromatic rings. The lowest BCUT2D eigenvalue weighted by atomic mass is 10.1. The van der Waals surface area contributed by atoms with Crippen molar-refractivity contribution in [1.82, 2.24) is 14.9 Å². The highest BCUT2D eigenvalue weighted by Gasteiger charge is 2.21. The Morgan fingerprint density at radius 1 is 1.09 bits per heavy atom. The lowest BCUT2D eigenvalue weighted by molar-refractivity contribution is 0.0788. The Hall–Kier alpha value is -1.82. The van der Waals surface area contributed by atoms with Crippen LogP contribution in [0.3, 0.4) is 0 Å². The Morgan fingerprint density at radius 3 is 2.61 bits per heavy atom. The van der Waals surface area contributed by atoms with E-state index in [1.165, 1.54) is 19.3 Å². The van der Waals surface area contributed by atoms with Crippen molar-refractivity contribution < 1.29 is 4.79 Å². The molecule has 5 nitrogen and oxygen atoms in total. The van der Waals surface area contributed by atoms with E-state index < -0.39 is 0 Å². The van der Waals surface area contributed by atoms with Crippen molar-refractivity contribution in [1.29, 1.82) is 0 Å². The van der Waals surface area contributed by atoms with Gasteiger partial charge in [0.2, 0.25) is 0 Å². The molecule has 0 radical (unpaired) electrons. The minimum atomic E-state index is 0.111. The number of hydrogen-bond donors (Lipinski definition) is 1. The second-order valence-corrected chi connectivity index (χ2v) is 7.20. The third kappa shape index (κ3) is 3.00. The van der Waals surface area contributed by atoms with Gasteiger partial charge in [0.25, 0.3) is 5.91 Å². The SMILES string of the molecule is O=C(c1cc(-c2csc(N3CCCCC3)n2)c[nH]1)N1CCCC1. The molecule has 0 spiro atoms. The molecule has 0 atom stereocenters. The maximum Gasteiger partial charge on any atom is 0.270 e. The number of carbonyl (C=O) groups excluding carboxylic acids is 1. The van der Waals surface area contributed by atoms with E-state index in [0.717, 1.165) is 55.4 Å². The predicted octanol–water partition coefficient (Wildman–Crippen LogP) is 3.36. The van der Waals surface area contributed by atoms with E-state index in [2.05, 4.69) is 15.3 Å². The number of nitrogens with zero attached hydrogens (tertiary/aromatic N) is 3. The zero-order valence-corrected chi connectivity index (χ0v) is 14.1. The third-order valence-electron chi connectivity index (χ3n) is 4.72. The monoisotopic (exact) mass is 330 g/mol. The van der Waals surface area contributed by atoms with Crippen LogP contribution >= 0.6 is 11.3 Å². The van der Waals surface area contributed by atoms with Gasteiger partial charge in [-0.1, -0.05) is 0 Å². The topological polar surface area (TPSA) is 52.2 Å². The predicted molar refractivity (Wildman–Crippen MR) is 93.1 cm³/mol. The molecule has 1 amide bonds. The van der Waals surface area contributed by atoms with Crippen molar-refractivity contribution in [3.63, 3.8) is 0 Å². The van der Waals surface area contributed by atoms with Gasteiger partial charge >= 0.3 is 0 Å². The molecule has 2 aliphatic heterocycles. The maximum atomic E-state index is 12.4. The van der Waals surface area contributed by atoms with Gasteiger partial charge in [-0.2, -0.15) is 0 Å². The van der Waals surface area contributed by atoms with E-state index in [4.69, 9.17) is 4.98 Å². The average Bonchev–Trinajstić information content (AvgIpc) is 3.35. The van der Waals surface area contributed by atoms with Crippen molar-refractivity contribution in [2.45, 2.75) is 32.1 Å². The van der Waals surface area contributed by atoms with Crippen LogP contribution in [0.15, 0.2) is 17.6 Å². The average molecular weight is 330 g/mol. The number of rotatable bonds is 3. The highest BCUT2D eigenvalue weighted by atomic mass is 32.1. The highest BCUT2D eigenvalue weighted by molar-refractivity contribution is 7.14. The first-order chi connectivity index (χ1) is 11.3. The summed E-state index contributed by atoms with van der Waals surface area (Å²) in [6, 6.07) is 1.94. The molecule has 2 saturated heterocycles. The number of anilines is 1. The van der Waals surface area contributed by atoms with Crippen molar-refractivity contribution in [3.8, 4) is 11.3 Å². The van der Waals surface area contributed by atoms with Crippen molar-refractivity contribution in [2.75, 3.05) is 31.1 Å². The van der Waals surface area contributed by atoms with Crippen LogP contribution in [0.25, 0.3) is 11.3 Å². The van der Waals surface area contributed by atoms with E-state index >= 15 is 0 Å². The van der Waals surface area contributed by atoms with Gasteiger partial charge in [-0.15, -0.1) is 11.3 Å². The van der Waals surface area contributed by atoms with Crippen LogP contribution in [0.2, 0.25) is 0 Å². The Labute approximate surface area is 140 Å². The number of piperidine rings is 1. The molecule has 0 aromatic carbocycles. The van der Waals surface area contributed by atoms with Crippen LogP contribution in [0, 0.1) is 0 Å². The van der Waals surface area contributed by atoms with Crippen LogP contribution in [0.4, 0.5) is 5.13 Å². The second kappa shape index (κ2) is 6.35. The lowest BCUT2D eigenvalue weighted by Gasteiger charge is -2.25. The summed E-state index contributed by atoms with van der Waals surface area (Å²) in [5.41, 5.74) is 2.65.